The molecule has 0 aliphatic heterocycles. The predicted octanol–water partition coefficient (Wildman–Crippen LogP) is 3.35. The molecule has 0 aliphatic rings. The van der Waals surface area contributed by atoms with E-state index in [0.29, 0.717) is 16.5 Å². The van der Waals surface area contributed by atoms with Crippen LogP contribution in [0.5, 0.6) is 0 Å². The van der Waals surface area contributed by atoms with Gasteiger partial charge in [0.15, 0.2) is 14.9 Å². The molecule has 0 aliphatic carbocycles. The van der Waals surface area contributed by atoms with Crippen molar-refractivity contribution < 1.29 is 12.8 Å². The van der Waals surface area contributed by atoms with E-state index >= 15 is 0 Å². The molecular formula is C16H12FNO2S. The van der Waals surface area contributed by atoms with Crippen LogP contribution in [0.4, 0.5) is 4.39 Å². The molecule has 0 unspecified atom stereocenters. The molecule has 2 aromatic carbocycles. The van der Waals surface area contributed by atoms with Gasteiger partial charge in [0.1, 0.15) is 5.82 Å². The average Bonchev–Trinajstić information content (AvgIpc) is 2.47. The molecule has 0 amide bonds. The zero-order valence-corrected chi connectivity index (χ0v) is 11.8. The highest BCUT2D eigenvalue weighted by molar-refractivity contribution is 7.90. The monoisotopic (exact) mass is 301 g/mol. The third kappa shape index (κ3) is 2.92. The fourth-order valence-corrected chi connectivity index (χ4v) is 3.41. The zero-order valence-electron chi connectivity index (χ0n) is 11.0. The van der Waals surface area contributed by atoms with Gasteiger partial charge in [0.2, 0.25) is 0 Å². The van der Waals surface area contributed by atoms with Gasteiger partial charge in [0, 0.05) is 5.39 Å². The quantitative estimate of drug-likeness (QED) is 0.745. The lowest BCUT2D eigenvalue weighted by atomic mass is 10.2. The first kappa shape index (κ1) is 13.7. The van der Waals surface area contributed by atoms with Crippen molar-refractivity contribution in [3.63, 3.8) is 0 Å². The molecular weight excluding hydrogens is 289 g/mol. The Balaban J connectivity index is 2.01. The first-order valence-corrected chi connectivity index (χ1v) is 8.03. The molecule has 3 rings (SSSR count). The molecule has 3 nitrogen and oxygen atoms in total. The molecule has 1 heterocycles. The van der Waals surface area contributed by atoms with Crippen LogP contribution in [0, 0.1) is 5.82 Å². The van der Waals surface area contributed by atoms with E-state index in [4.69, 9.17) is 0 Å². The van der Waals surface area contributed by atoms with E-state index in [1.807, 2.05) is 6.07 Å². The molecule has 21 heavy (non-hydrogen) atoms. The topological polar surface area (TPSA) is 47.0 Å². The second kappa shape index (κ2) is 5.26. The smallest absolute Gasteiger partial charge is 0.199 e. The minimum Gasteiger partial charge on any atom is -0.236 e. The molecule has 0 bridgehead atoms. The van der Waals surface area contributed by atoms with Crippen LogP contribution in [-0.2, 0) is 15.6 Å². The maximum absolute atomic E-state index is 13.1. The normalized spacial score (nSPS) is 11.7. The molecule has 0 fully saturated rings. The second-order valence-corrected chi connectivity index (χ2v) is 6.67. The van der Waals surface area contributed by atoms with Crippen LogP contribution in [0.2, 0.25) is 0 Å². The summed E-state index contributed by atoms with van der Waals surface area (Å²) < 4.78 is 37.9. The second-order valence-electron chi connectivity index (χ2n) is 4.73. The van der Waals surface area contributed by atoms with Gasteiger partial charge in [-0.15, -0.1) is 0 Å². The van der Waals surface area contributed by atoms with Crippen LogP contribution in [-0.4, -0.2) is 13.4 Å². The Morgan fingerprint density at radius 2 is 1.71 bits per heavy atom. The summed E-state index contributed by atoms with van der Waals surface area (Å²) >= 11 is 0. The molecule has 106 valence electrons. The van der Waals surface area contributed by atoms with E-state index in [2.05, 4.69) is 4.98 Å². The highest BCUT2D eigenvalue weighted by atomic mass is 32.2. The standard InChI is InChI=1S/C16H12FNO2S/c17-14-7-8-15-13(10-14)6-9-16(18-15)21(19,20)11-12-4-2-1-3-5-12/h1-10H,11H2. The van der Waals surface area contributed by atoms with E-state index in [9.17, 15) is 12.8 Å². The van der Waals surface area contributed by atoms with Crippen molar-refractivity contribution in [3.8, 4) is 0 Å². The Hall–Kier alpha value is -2.27. The van der Waals surface area contributed by atoms with Crippen LogP contribution in [0.3, 0.4) is 0 Å². The number of benzene rings is 2. The predicted molar refractivity (Wildman–Crippen MR) is 79.0 cm³/mol. The molecule has 0 radical (unpaired) electrons. The van der Waals surface area contributed by atoms with E-state index in [-0.39, 0.29) is 16.6 Å². The lowest BCUT2D eigenvalue weighted by Crippen LogP contribution is -2.07. The van der Waals surface area contributed by atoms with Crippen LogP contribution in [0.1, 0.15) is 5.56 Å². The van der Waals surface area contributed by atoms with Crippen molar-refractivity contribution in [2.45, 2.75) is 10.8 Å². The molecule has 0 saturated carbocycles. The summed E-state index contributed by atoms with van der Waals surface area (Å²) in [5.41, 5.74) is 1.17. The maximum atomic E-state index is 13.1. The highest BCUT2D eigenvalue weighted by Crippen LogP contribution is 2.19. The Kier molecular flexibility index (Phi) is 3.43. The first-order chi connectivity index (χ1) is 10.0. The summed E-state index contributed by atoms with van der Waals surface area (Å²) in [5.74, 6) is -0.475. The van der Waals surface area contributed by atoms with Gasteiger partial charge in [-0.2, -0.15) is 0 Å². The summed E-state index contributed by atoms with van der Waals surface area (Å²) in [6, 6.07) is 16.0. The number of hydrogen-bond acceptors (Lipinski definition) is 3. The molecule has 5 heteroatoms. The van der Waals surface area contributed by atoms with Crippen molar-refractivity contribution in [1.82, 2.24) is 4.98 Å². The van der Waals surface area contributed by atoms with Gasteiger partial charge in [0.25, 0.3) is 0 Å². The lowest BCUT2D eigenvalue weighted by molar-refractivity contribution is 0.592. The van der Waals surface area contributed by atoms with Gasteiger partial charge >= 0.3 is 0 Å². The molecule has 0 atom stereocenters. The van der Waals surface area contributed by atoms with E-state index in [1.54, 1.807) is 30.3 Å². The van der Waals surface area contributed by atoms with Crippen molar-refractivity contribution in [3.05, 3.63) is 72.0 Å². The number of aromatic nitrogens is 1. The minimum atomic E-state index is -3.52. The molecule has 1 aromatic heterocycles. The number of pyridine rings is 1. The third-order valence-electron chi connectivity index (χ3n) is 3.14. The van der Waals surface area contributed by atoms with Gasteiger partial charge in [-0.3, -0.25) is 0 Å². The zero-order chi connectivity index (χ0) is 14.9. The summed E-state index contributed by atoms with van der Waals surface area (Å²) in [6.07, 6.45) is 0. The van der Waals surface area contributed by atoms with Crippen molar-refractivity contribution in [2.75, 3.05) is 0 Å². The van der Waals surface area contributed by atoms with Crippen molar-refractivity contribution in [1.29, 1.82) is 0 Å². The minimum absolute atomic E-state index is 0.00506. The molecule has 0 spiro atoms. The number of rotatable bonds is 3. The number of fused-ring (bicyclic) bond motifs is 1. The van der Waals surface area contributed by atoms with Crippen LogP contribution < -0.4 is 0 Å². The van der Waals surface area contributed by atoms with Crippen molar-refractivity contribution in [2.24, 2.45) is 0 Å². The Morgan fingerprint density at radius 1 is 0.952 bits per heavy atom. The SMILES string of the molecule is O=S(=O)(Cc1ccccc1)c1ccc2cc(F)ccc2n1. The summed E-state index contributed by atoms with van der Waals surface area (Å²) in [4.78, 5) is 4.13. The van der Waals surface area contributed by atoms with Gasteiger partial charge in [-0.05, 0) is 35.9 Å². The van der Waals surface area contributed by atoms with E-state index in [1.165, 1.54) is 24.3 Å². The fraction of sp³-hybridized carbons (Fsp3) is 0.0625. The number of hydrogen-bond donors (Lipinski definition) is 0. The van der Waals surface area contributed by atoms with E-state index in [0.717, 1.165) is 0 Å². The molecule has 0 saturated heterocycles. The van der Waals surface area contributed by atoms with Gasteiger partial charge in [-0.25, -0.2) is 17.8 Å². The Labute approximate surface area is 122 Å². The summed E-state index contributed by atoms with van der Waals surface area (Å²) in [7, 11) is -3.52. The van der Waals surface area contributed by atoms with Gasteiger partial charge in [0.05, 0.1) is 11.3 Å². The van der Waals surface area contributed by atoms with Gasteiger partial charge < -0.3 is 0 Å². The maximum Gasteiger partial charge on any atom is 0.199 e. The van der Waals surface area contributed by atoms with Crippen LogP contribution in [0.25, 0.3) is 10.9 Å². The molecule has 0 N–H and O–H groups in total. The van der Waals surface area contributed by atoms with Crippen molar-refractivity contribution >= 4 is 20.7 Å². The van der Waals surface area contributed by atoms with Crippen LogP contribution in [0.15, 0.2) is 65.7 Å². The average molecular weight is 301 g/mol. The van der Waals surface area contributed by atoms with E-state index < -0.39 is 9.84 Å². The molecule has 3 aromatic rings. The fourth-order valence-electron chi connectivity index (χ4n) is 2.12. The Bertz CT molecular complexity index is 893. The summed E-state index contributed by atoms with van der Waals surface area (Å²) in [5, 5.41) is 0.583. The lowest BCUT2D eigenvalue weighted by Gasteiger charge is -2.05. The van der Waals surface area contributed by atoms with Crippen LogP contribution >= 0.6 is 0 Å². The summed E-state index contributed by atoms with van der Waals surface area (Å²) in [6.45, 7) is 0. The number of sulfone groups is 1. The number of nitrogens with zero attached hydrogens (tertiary/aromatic N) is 1. The first-order valence-electron chi connectivity index (χ1n) is 6.38. The van der Waals surface area contributed by atoms with Gasteiger partial charge in [-0.1, -0.05) is 30.3 Å². The largest absolute Gasteiger partial charge is 0.236 e. The third-order valence-corrected chi connectivity index (χ3v) is 4.72. The number of halogens is 1. The Morgan fingerprint density at radius 3 is 2.48 bits per heavy atom. The highest BCUT2D eigenvalue weighted by Gasteiger charge is 2.17.